The number of carbonyl (C=O) groups excluding carboxylic acids is 1. The summed E-state index contributed by atoms with van der Waals surface area (Å²) in [5.41, 5.74) is 1.70. The normalized spacial score (nSPS) is 16.1. The van der Waals surface area contributed by atoms with Gasteiger partial charge in [0.05, 0.1) is 5.41 Å². The Labute approximate surface area is 124 Å². The summed E-state index contributed by atoms with van der Waals surface area (Å²) in [4.78, 5) is 12.7. The largest absolute Gasteiger partial charge is 0.325 e. The quantitative estimate of drug-likeness (QED) is 0.899. The molecule has 0 aliphatic heterocycles. The summed E-state index contributed by atoms with van der Waals surface area (Å²) in [6.45, 7) is 2.00. The molecule has 21 heavy (non-hydrogen) atoms. The minimum absolute atomic E-state index is 0.109. The summed E-state index contributed by atoms with van der Waals surface area (Å²) in [6.07, 6.45) is 2.35. The number of rotatable bonds is 3. The van der Waals surface area contributed by atoms with Crippen molar-refractivity contribution in [3.63, 3.8) is 0 Å². The predicted octanol–water partition coefficient (Wildman–Crippen LogP) is 4.19. The predicted molar refractivity (Wildman–Crippen MR) is 81.7 cm³/mol. The van der Waals surface area contributed by atoms with Crippen molar-refractivity contribution in [1.29, 1.82) is 0 Å². The maximum Gasteiger partial charge on any atom is 0.235 e. The first kappa shape index (κ1) is 13.8. The van der Waals surface area contributed by atoms with Gasteiger partial charge < -0.3 is 5.32 Å². The molecule has 1 amide bonds. The zero-order valence-electron chi connectivity index (χ0n) is 12.0. The van der Waals surface area contributed by atoms with Crippen LogP contribution < -0.4 is 5.32 Å². The molecule has 0 heterocycles. The van der Waals surface area contributed by atoms with Crippen LogP contribution in [0.5, 0.6) is 0 Å². The molecule has 0 spiro atoms. The van der Waals surface area contributed by atoms with Crippen molar-refractivity contribution in [3.8, 4) is 0 Å². The molecule has 0 unspecified atom stereocenters. The number of anilines is 1. The van der Waals surface area contributed by atoms with Gasteiger partial charge in [-0.3, -0.25) is 4.79 Å². The number of amides is 1. The van der Waals surface area contributed by atoms with E-state index in [0.717, 1.165) is 17.7 Å². The van der Waals surface area contributed by atoms with E-state index < -0.39 is 5.41 Å². The van der Waals surface area contributed by atoms with E-state index in [1.165, 1.54) is 6.07 Å². The van der Waals surface area contributed by atoms with E-state index in [0.29, 0.717) is 18.4 Å². The molecule has 1 aliphatic carbocycles. The van der Waals surface area contributed by atoms with Crippen LogP contribution in [0.2, 0.25) is 0 Å². The van der Waals surface area contributed by atoms with Crippen molar-refractivity contribution in [2.24, 2.45) is 0 Å². The minimum Gasteiger partial charge on any atom is -0.325 e. The van der Waals surface area contributed by atoms with E-state index in [1.807, 2.05) is 31.2 Å². The van der Waals surface area contributed by atoms with Crippen molar-refractivity contribution >= 4 is 11.6 Å². The number of aryl methyl sites for hydroxylation is 1. The second kappa shape index (κ2) is 5.32. The van der Waals surface area contributed by atoms with Crippen molar-refractivity contribution < 1.29 is 9.18 Å². The van der Waals surface area contributed by atoms with Gasteiger partial charge in [-0.25, -0.2) is 4.39 Å². The second-order valence-electron chi connectivity index (χ2n) is 5.74. The van der Waals surface area contributed by atoms with Crippen LogP contribution in [0, 0.1) is 12.7 Å². The molecular weight excluding hydrogens is 265 g/mol. The molecule has 0 atom stereocenters. The second-order valence-corrected chi connectivity index (χ2v) is 5.74. The summed E-state index contributed by atoms with van der Waals surface area (Å²) >= 11 is 0. The van der Waals surface area contributed by atoms with Crippen molar-refractivity contribution in [3.05, 3.63) is 65.5 Å². The van der Waals surface area contributed by atoms with Gasteiger partial charge >= 0.3 is 0 Å². The smallest absolute Gasteiger partial charge is 0.235 e. The van der Waals surface area contributed by atoms with Crippen LogP contribution in [-0.2, 0) is 10.2 Å². The van der Waals surface area contributed by atoms with Gasteiger partial charge in [-0.2, -0.15) is 0 Å². The average molecular weight is 283 g/mol. The fourth-order valence-corrected chi connectivity index (χ4v) is 2.89. The number of hydrogen-bond acceptors (Lipinski definition) is 1. The summed E-state index contributed by atoms with van der Waals surface area (Å²) in [5, 5.41) is 2.93. The molecule has 1 saturated carbocycles. The zero-order chi connectivity index (χ0) is 14.9. The molecule has 3 heteroatoms. The average Bonchev–Trinajstić information content (AvgIpc) is 2.42. The molecule has 1 fully saturated rings. The van der Waals surface area contributed by atoms with Crippen LogP contribution in [0.25, 0.3) is 0 Å². The Morgan fingerprint density at radius 2 is 1.76 bits per heavy atom. The Morgan fingerprint density at radius 1 is 1.10 bits per heavy atom. The first-order valence-electron chi connectivity index (χ1n) is 7.25. The van der Waals surface area contributed by atoms with Crippen LogP contribution in [0.4, 0.5) is 10.1 Å². The van der Waals surface area contributed by atoms with Gasteiger partial charge in [0.1, 0.15) is 5.82 Å². The lowest BCUT2D eigenvalue weighted by Crippen LogP contribution is -2.46. The molecule has 2 aromatic carbocycles. The highest BCUT2D eigenvalue weighted by atomic mass is 19.1. The topological polar surface area (TPSA) is 29.1 Å². The lowest BCUT2D eigenvalue weighted by atomic mass is 9.63. The molecule has 108 valence electrons. The third-order valence-electron chi connectivity index (χ3n) is 4.34. The van der Waals surface area contributed by atoms with Crippen LogP contribution in [0.3, 0.4) is 0 Å². The van der Waals surface area contributed by atoms with Gasteiger partial charge in [0.2, 0.25) is 5.91 Å². The number of nitrogens with one attached hydrogen (secondary N) is 1. The van der Waals surface area contributed by atoms with Crippen LogP contribution >= 0.6 is 0 Å². The lowest BCUT2D eigenvalue weighted by molar-refractivity contribution is -0.124. The zero-order valence-corrected chi connectivity index (χ0v) is 12.0. The number of carbonyl (C=O) groups is 1. The summed E-state index contributed by atoms with van der Waals surface area (Å²) in [5.74, 6) is -0.404. The monoisotopic (exact) mass is 283 g/mol. The molecule has 0 saturated heterocycles. The van der Waals surface area contributed by atoms with E-state index in [9.17, 15) is 9.18 Å². The minimum atomic E-state index is -0.712. The summed E-state index contributed by atoms with van der Waals surface area (Å²) in [7, 11) is 0. The first-order chi connectivity index (χ1) is 10.1. The van der Waals surface area contributed by atoms with E-state index in [-0.39, 0.29) is 11.7 Å². The molecule has 1 aliphatic rings. The third-order valence-corrected chi connectivity index (χ3v) is 4.34. The molecule has 1 N–H and O–H groups in total. The molecule has 3 rings (SSSR count). The molecule has 0 aromatic heterocycles. The van der Waals surface area contributed by atoms with Gasteiger partial charge in [0.25, 0.3) is 0 Å². The van der Waals surface area contributed by atoms with Crippen LogP contribution in [0.15, 0.2) is 48.5 Å². The molecule has 2 nitrogen and oxygen atoms in total. The standard InChI is InChI=1S/C18H18FNO/c1-13-7-9-14(10-8-13)20-17(21)18(11-4-12-18)15-5-2-3-6-16(15)19/h2-3,5-10H,4,11-12H2,1H3,(H,20,21). The highest BCUT2D eigenvalue weighted by molar-refractivity contribution is 6.00. The SMILES string of the molecule is Cc1ccc(NC(=O)C2(c3ccccc3F)CCC2)cc1. The van der Waals surface area contributed by atoms with Crippen molar-refractivity contribution in [2.45, 2.75) is 31.6 Å². The number of halogens is 1. The lowest BCUT2D eigenvalue weighted by Gasteiger charge is -2.40. The Kier molecular flexibility index (Phi) is 3.50. The van der Waals surface area contributed by atoms with E-state index in [2.05, 4.69) is 5.32 Å². The molecular formula is C18H18FNO. The highest BCUT2D eigenvalue weighted by Gasteiger charge is 2.47. The van der Waals surface area contributed by atoms with Crippen molar-refractivity contribution in [1.82, 2.24) is 0 Å². The van der Waals surface area contributed by atoms with Gasteiger partial charge in [0.15, 0.2) is 0 Å². The summed E-state index contributed by atoms with van der Waals surface area (Å²) in [6, 6.07) is 14.2. The van der Waals surface area contributed by atoms with Crippen molar-refractivity contribution in [2.75, 3.05) is 5.32 Å². The fraction of sp³-hybridized carbons (Fsp3) is 0.278. The Morgan fingerprint density at radius 3 is 2.33 bits per heavy atom. The van der Waals surface area contributed by atoms with Gasteiger partial charge in [0, 0.05) is 11.3 Å². The number of benzene rings is 2. The number of hydrogen-bond donors (Lipinski definition) is 1. The fourth-order valence-electron chi connectivity index (χ4n) is 2.89. The maximum absolute atomic E-state index is 14.1. The van der Waals surface area contributed by atoms with Crippen LogP contribution in [0.1, 0.15) is 30.4 Å². The van der Waals surface area contributed by atoms with E-state index >= 15 is 0 Å². The van der Waals surface area contributed by atoms with E-state index in [4.69, 9.17) is 0 Å². The molecule has 2 aromatic rings. The summed E-state index contributed by atoms with van der Waals surface area (Å²) < 4.78 is 14.1. The Bertz CT molecular complexity index is 659. The van der Waals surface area contributed by atoms with E-state index in [1.54, 1.807) is 18.2 Å². The Hall–Kier alpha value is -2.16. The van der Waals surface area contributed by atoms with Crippen LogP contribution in [-0.4, -0.2) is 5.91 Å². The van der Waals surface area contributed by atoms with Gasteiger partial charge in [-0.15, -0.1) is 0 Å². The van der Waals surface area contributed by atoms with Gasteiger partial charge in [-0.05, 0) is 38.0 Å². The molecule has 0 radical (unpaired) electrons. The first-order valence-corrected chi connectivity index (χ1v) is 7.25. The molecule has 0 bridgehead atoms. The maximum atomic E-state index is 14.1. The third kappa shape index (κ3) is 2.44. The Balaban J connectivity index is 1.88. The van der Waals surface area contributed by atoms with Gasteiger partial charge in [-0.1, -0.05) is 42.3 Å². The highest BCUT2D eigenvalue weighted by Crippen LogP contribution is 2.45.